The van der Waals surface area contributed by atoms with E-state index >= 15 is 0 Å². The number of hydrogen-bond acceptors (Lipinski definition) is 5. The fourth-order valence-corrected chi connectivity index (χ4v) is 2.57. The maximum absolute atomic E-state index is 11.9. The normalized spacial score (nSPS) is 16.9. The number of nitrogens with zero attached hydrogens (tertiary/aromatic N) is 2. The molecule has 2 rings (SSSR count). The van der Waals surface area contributed by atoms with Gasteiger partial charge in [0.05, 0.1) is 0 Å². The van der Waals surface area contributed by atoms with E-state index in [-0.39, 0.29) is 11.5 Å². The van der Waals surface area contributed by atoms with E-state index in [1.165, 1.54) is 12.3 Å². The third kappa shape index (κ3) is 2.23. The average molecular weight is 271 g/mol. The van der Waals surface area contributed by atoms with Crippen LogP contribution in [0.5, 0.6) is 0 Å². The van der Waals surface area contributed by atoms with Gasteiger partial charge in [-0.1, -0.05) is 0 Å². The van der Waals surface area contributed by atoms with Crippen LogP contribution in [-0.4, -0.2) is 25.1 Å². The molecule has 1 aliphatic rings. The summed E-state index contributed by atoms with van der Waals surface area (Å²) in [6, 6.07) is 3.02. The van der Waals surface area contributed by atoms with E-state index in [1.807, 2.05) is 0 Å². The third-order valence-electron chi connectivity index (χ3n) is 2.03. The number of rotatable bonds is 0. The van der Waals surface area contributed by atoms with E-state index in [4.69, 9.17) is 4.74 Å². The van der Waals surface area contributed by atoms with Crippen molar-refractivity contribution in [2.45, 2.75) is 26.4 Å². The highest BCUT2D eigenvalue weighted by atomic mass is 32.2. The van der Waals surface area contributed by atoms with Crippen LogP contribution in [-0.2, 0) is 14.9 Å². The summed E-state index contributed by atoms with van der Waals surface area (Å²) in [7, 11) is -3.97. The van der Waals surface area contributed by atoms with Gasteiger partial charge < -0.3 is 4.74 Å². The quantitative estimate of drug-likeness (QED) is 0.772. The van der Waals surface area contributed by atoms with Crippen molar-refractivity contribution in [1.29, 1.82) is 0 Å². The molecular weight excluding hydrogens is 258 g/mol. The molecule has 1 aromatic heterocycles. The van der Waals surface area contributed by atoms with Crippen LogP contribution in [0.15, 0.2) is 18.3 Å². The van der Waals surface area contributed by atoms with E-state index in [0.29, 0.717) is 4.31 Å². The van der Waals surface area contributed by atoms with E-state index in [9.17, 15) is 13.2 Å². The maximum atomic E-state index is 11.9. The Labute approximate surface area is 105 Å². The monoisotopic (exact) mass is 271 g/mol. The number of aromatic nitrogens is 1. The predicted octanol–water partition coefficient (Wildman–Crippen LogP) is 1.49. The minimum absolute atomic E-state index is 0.114. The van der Waals surface area contributed by atoms with Crippen LogP contribution in [0.2, 0.25) is 0 Å². The van der Waals surface area contributed by atoms with Crippen LogP contribution in [0.1, 0.15) is 20.8 Å². The van der Waals surface area contributed by atoms with Gasteiger partial charge in [-0.05, 0) is 32.9 Å². The van der Waals surface area contributed by atoms with Crippen molar-refractivity contribution < 1.29 is 17.9 Å². The van der Waals surface area contributed by atoms with Crippen molar-refractivity contribution >= 4 is 27.8 Å². The SMILES string of the molecule is CC(C)(C)OC(=O)N1c2cccnc2NS1(=O)=O. The minimum atomic E-state index is -3.97. The first kappa shape index (κ1) is 12.6. The Morgan fingerprint density at radius 2 is 2.11 bits per heavy atom. The molecule has 0 unspecified atom stereocenters. The molecule has 0 fully saturated rings. The standard InChI is InChI=1S/C10H13N3O4S/c1-10(2,3)17-9(14)13-7-5-4-6-11-8(7)12-18(13,15)16/h4-6H,1-3H3,(H,11,12). The van der Waals surface area contributed by atoms with Gasteiger partial charge in [-0.2, -0.15) is 12.7 Å². The lowest BCUT2D eigenvalue weighted by molar-refractivity contribution is 0.0610. The number of pyridine rings is 1. The zero-order valence-corrected chi connectivity index (χ0v) is 11.0. The second kappa shape index (κ2) is 3.84. The van der Waals surface area contributed by atoms with Crippen LogP contribution < -0.4 is 9.03 Å². The summed E-state index contributed by atoms with van der Waals surface area (Å²) >= 11 is 0. The van der Waals surface area contributed by atoms with Gasteiger partial charge in [0.15, 0.2) is 5.82 Å². The second-order valence-electron chi connectivity index (χ2n) is 4.72. The number of fused-ring (bicyclic) bond motifs is 1. The van der Waals surface area contributed by atoms with Gasteiger partial charge in [-0.15, -0.1) is 0 Å². The average Bonchev–Trinajstić information content (AvgIpc) is 2.44. The summed E-state index contributed by atoms with van der Waals surface area (Å²) in [5.74, 6) is 0.114. The molecule has 1 aromatic rings. The van der Waals surface area contributed by atoms with E-state index in [0.717, 1.165) is 0 Å². The highest BCUT2D eigenvalue weighted by molar-refractivity contribution is 7.95. The van der Waals surface area contributed by atoms with E-state index in [1.54, 1.807) is 26.8 Å². The smallest absolute Gasteiger partial charge is 0.430 e. The van der Waals surface area contributed by atoms with Gasteiger partial charge in [0, 0.05) is 6.20 Å². The summed E-state index contributed by atoms with van der Waals surface area (Å²) in [6.45, 7) is 4.97. The van der Waals surface area contributed by atoms with Gasteiger partial charge in [0.1, 0.15) is 11.3 Å². The van der Waals surface area contributed by atoms with Gasteiger partial charge in [-0.3, -0.25) is 0 Å². The Kier molecular flexibility index (Phi) is 2.69. The van der Waals surface area contributed by atoms with E-state index < -0.39 is 21.9 Å². The molecule has 0 aromatic carbocycles. The first-order chi connectivity index (χ1) is 8.21. The molecule has 1 N–H and O–H groups in total. The second-order valence-corrected chi connectivity index (χ2v) is 6.24. The van der Waals surface area contributed by atoms with Crippen LogP contribution in [0.3, 0.4) is 0 Å². The van der Waals surface area contributed by atoms with Crippen molar-refractivity contribution in [3.63, 3.8) is 0 Å². The predicted molar refractivity (Wildman–Crippen MR) is 65.5 cm³/mol. The fraction of sp³-hybridized carbons (Fsp3) is 0.400. The lowest BCUT2D eigenvalue weighted by Gasteiger charge is -2.23. The zero-order valence-electron chi connectivity index (χ0n) is 10.2. The van der Waals surface area contributed by atoms with Crippen LogP contribution in [0.4, 0.5) is 16.3 Å². The number of carbonyl (C=O) groups excluding carboxylic acids is 1. The molecule has 0 saturated heterocycles. The summed E-state index contributed by atoms with van der Waals surface area (Å²) in [4.78, 5) is 15.7. The number of carbonyl (C=O) groups is 1. The molecule has 18 heavy (non-hydrogen) atoms. The summed E-state index contributed by atoms with van der Waals surface area (Å²) in [5, 5.41) is 0. The highest BCUT2D eigenvalue weighted by Gasteiger charge is 2.40. The molecule has 98 valence electrons. The van der Waals surface area contributed by atoms with Crippen molar-refractivity contribution in [2.24, 2.45) is 0 Å². The molecule has 0 bridgehead atoms. The number of hydrogen-bond donors (Lipinski definition) is 1. The number of amides is 1. The van der Waals surface area contributed by atoms with Crippen LogP contribution >= 0.6 is 0 Å². The molecule has 0 radical (unpaired) electrons. The van der Waals surface area contributed by atoms with Crippen molar-refractivity contribution in [3.8, 4) is 0 Å². The first-order valence-electron chi connectivity index (χ1n) is 5.22. The van der Waals surface area contributed by atoms with Gasteiger partial charge >= 0.3 is 16.3 Å². The maximum Gasteiger partial charge on any atom is 0.430 e. The molecule has 0 saturated carbocycles. The van der Waals surface area contributed by atoms with Crippen LogP contribution in [0, 0.1) is 0 Å². The Balaban J connectivity index is 2.40. The summed E-state index contributed by atoms with van der Waals surface area (Å²) < 4.78 is 31.4. The van der Waals surface area contributed by atoms with Crippen molar-refractivity contribution in [1.82, 2.24) is 4.98 Å². The topological polar surface area (TPSA) is 88.6 Å². The molecule has 1 aliphatic heterocycles. The summed E-state index contributed by atoms with van der Waals surface area (Å²) in [6.07, 6.45) is 0.474. The Morgan fingerprint density at radius 1 is 1.44 bits per heavy atom. The third-order valence-corrected chi connectivity index (χ3v) is 3.31. The molecule has 7 nitrogen and oxygen atoms in total. The molecule has 0 atom stereocenters. The van der Waals surface area contributed by atoms with Crippen molar-refractivity contribution in [3.05, 3.63) is 18.3 Å². The highest BCUT2D eigenvalue weighted by Crippen LogP contribution is 2.34. The molecule has 0 aliphatic carbocycles. The van der Waals surface area contributed by atoms with Gasteiger partial charge in [0.2, 0.25) is 0 Å². The van der Waals surface area contributed by atoms with Gasteiger partial charge in [0.25, 0.3) is 0 Å². The number of ether oxygens (including phenoxy) is 1. The number of anilines is 2. The lowest BCUT2D eigenvalue weighted by atomic mass is 10.2. The Morgan fingerprint density at radius 3 is 2.72 bits per heavy atom. The molecule has 8 heteroatoms. The van der Waals surface area contributed by atoms with Crippen LogP contribution in [0.25, 0.3) is 0 Å². The molecule has 1 amide bonds. The Hall–Kier alpha value is -1.83. The molecule has 2 heterocycles. The summed E-state index contributed by atoms with van der Waals surface area (Å²) in [5.41, 5.74) is -0.621. The number of nitrogens with one attached hydrogen (secondary N) is 1. The van der Waals surface area contributed by atoms with E-state index in [2.05, 4.69) is 9.71 Å². The largest absolute Gasteiger partial charge is 0.443 e. The van der Waals surface area contributed by atoms with Crippen molar-refractivity contribution in [2.75, 3.05) is 9.03 Å². The zero-order chi connectivity index (χ0) is 13.6. The Bertz CT molecular complexity index is 591. The first-order valence-corrected chi connectivity index (χ1v) is 6.66. The fourth-order valence-electron chi connectivity index (χ4n) is 1.44. The molecular formula is C10H13N3O4S. The molecule has 0 spiro atoms. The lowest BCUT2D eigenvalue weighted by Crippen LogP contribution is -2.40. The minimum Gasteiger partial charge on any atom is -0.443 e. The van der Waals surface area contributed by atoms with Gasteiger partial charge in [-0.25, -0.2) is 14.5 Å².